The van der Waals surface area contributed by atoms with E-state index in [1.165, 1.54) is 6.07 Å². The van der Waals surface area contributed by atoms with E-state index >= 15 is 0 Å². The predicted octanol–water partition coefficient (Wildman–Crippen LogP) is 2.15. The zero-order chi connectivity index (χ0) is 13.7. The third kappa shape index (κ3) is 3.44. The van der Waals surface area contributed by atoms with E-state index in [1.807, 2.05) is 0 Å². The van der Waals surface area contributed by atoms with Crippen LogP contribution in [-0.2, 0) is 9.53 Å². The second kappa shape index (κ2) is 6.00. The van der Waals surface area contributed by atoms with Gasteiger partial charge in [-0.05, 0) is 32.4 Å². The van der Waals surface area contributed by atoms with Crippen LogP contribution in [0, 0.1) is 24.0 Å². The number of nitro benzene ring substituents is 1. The lowest BCUT2D eigenvalue weighted by molar-refractivity contribution is -0.385. The summed E-state index contributed by atoms with van der Waals surface area (Å²) in [6.07, 6.45) is 0. The summed E-state index contributed by atoms with van der Waals surface area (Å²) in [5.74, 6) is -0.0148. The van der Waals surface area contributed by atoms with Crippen molar-refractivity contribution in [1.82, 2.24) is 0 Å². The number of aryl methyl sites for hydroxylation is 2. The van der Waals surface area contributed by atoms with E-state index in [0.29, 0.717) is 23.5 Å². The van der Waals surface area contributed by atoms with Crippen LogP contribution < -0.4 is 4.74 Å². The molecule has 0 heterocycles. The van der Waals surface area contributed by atoms with Crippen molar-refractivity contribution in [2.75, 3.05) is 13.2 Å². The molecule has 6 nitrogen and oxygen atoms in total. The summed E-state index contributed by atoms with van der Waals surface area (Å²) in [6.45, 7) is 5.10. The summed E-state index contributed by atoms with van der Waals surface area (Å²) in [7, 11) is 0. The first kappa shape index (κ1) is 14.0. The predicted molar refractivity (Wildman–Crippen MR) is 64.7 cm³/mol. The largest absolute Gasteiger partial charge is 0.482 e. The van der Waals surface area contributed by atoms with E-state index in [1.54, 1.807) is 26.8 Å². The van der Waals surface area contributed by atoms with Crippen LogP contribution in [0.4, 0.5) is 5.69 Å². The number of rotatable bonds is 5. The highest BCUT2D eigenvalue weighted by Crippen LogP contribution is 2.27. The molecule has 0 saturated heterocycles. The number of nitro groups is 1. The van der Waals surface area contributed by atoms with Crippen molar-refractivity contribution < 1.29 is 19.2 Å². The number of hydrogen-bond donors (Lipinski definition) is 0. The Morgan fingerprint density at radius 2 is 2.00 bits per heavy atom. The second-order valence-corrected chi connectivity index (χ2v) is 3.75. The fourth-order valence-corrected chi connectivity index (χ4v) is 1.47. The van der Waals surface area contributed by atoms with Gasteiger partial charge in [0.2, 0.25) is 0 Å². The Morgan fingerprint density at radius 1 is 1.33 bits per heavy atom. The van der Waals surface area contributed by atoms with Crippen molar-refractivity contribution in [2.45, 2.75) is 20.8 Å². The molecule has 1 aromatic carbocycles. The van der Waals surface area contributed by atoms with Crippen LogP contribution in [0.3, 0.4) is 0 Å². The molecule has 0 spiro atoms. The minimum Gasteiger partial charge on any atom is -0.482 e. The number of nitrogens with zero attached hydrogens (tertiary/aromatic N) is 1. The van der Waals surface area contributed by atoms with E-state index in [-0.39, 0.29) is 12.3 Å². The number of benzene rings is 1. The van der Waals surface area contributed by atoms with Crippen LogP contribution in [0.15, 0.2) is 12.1 Å². The third-order valence-corrected chi connectivity index (χ3v) is 2.34. The van der Waals surface area contributed by atoms with Crippen LogP contribution in [-0.4, -0.2) is 24.1 Å². The van der Waals surface area contributed by atoms with Crippen LogP contribution in [0.5, 0.6) is 5.75 Å². The van der Waals surface area contributed by atoms with Crippen LogP contribution in [0.2, 0.25) is 0 Å². The molecule has 0 fully saturated rings. The molecular formula is C12H15NO5. The van der Waals surface area contributed by atoms with Gasteiger partial charge in [0.1, 0.15) is 5.75 Å². The van der Waals surface area contributed by atoms with Gasteiger partial charge in [0.05, 0.1) is 11.5 Å². The SMILES string of the molecule is CCOC(=O)COc1cc(C)c([N+](=O)[O-])cc1C. The topological polar surface area (TPSA) is 78.7 Å². The van der Waals surface area contributed by atoms with Crippen LogP contribution >= 0.6 is 0 Å². The Hall–Kier alpha value is -2.11. The first-order valence-corrected chi connectivity index (χ1v) is 5.49. The lowest BCUT2D eigenvalue weighted by Crippen LogP contribution is -2.15. The summed E-state index contributed by atoms with van der Waals surface area (Å²) in [6, 6.07) is 2.97. The highest BCUT2D eigenvalue weighted by atomic mass is 16.6. The second-order valence-electron chi connectivity index (χ2n) is 3.75. The maximum Gasteiger partial charge on any atom is 0.344 e. The van der Waals surface area contributed by atoms with Crippen LogP contribution in [0.1, 0.15) is 18.1 Å². The van der Waals surface area contributed by atoms with Crippen molar-refractivity contribution >= 4 is 11.7 Å². The molecule has 0 saturated carbocycles. The number of hydrogen-bond acceptors (Lipinski definition) is 5. The van der Waals surface area contributed by atoms with Gasteiger partial charge in [-0.15, -0.1) is 0 Å². The molecule has 98 valence electrons. The van der Waals surface area contributed by atoms with Crippen molar-refractivity contribution in [3.05, 3.63) is 33.4 Å². The molecule has 1 aromatic rings. The summed E-state index contributed by atoms with van der Waals surface area (Å²) in [5, 5.41) is 10.7. The Bertz CT molecular complexity index is 470. The van der Waals surface area contributed by atoms with Crippen molar-refractivity contribution in [3.8, 4) is 5.75 Å². The fraction of sp³-hybridized carbons (Fsp3) is 0.417. The van der Waals surface area contributed by atoms with Gasteiger partial charge in [-0.3, -0.25) is 10.1 Å². The van der Waals surface area contributed by atoms with E-state index in [0.717, 1.165) is 0 Å². The lowest BCUT2D eigenvalue weighted by atomic mass is 10.1. The smallest absolute Gasteiger partial charge is 0.344 e. The number of carbonyl (C=O) groups is 1. The number of esters is 1. The van der Waals surface area contributed by atoms with E-state index in [9.17, 15) is 14.9 Å². The summed E-state index contributed by atoms with van der Waals surface area (Å²) in [5.41, 5.74) is 1.14. The van der Waals surface area contributed by atoms with Gasteiger partial charge < -0.3 is 9.47 Å². The Labute approximate surface area is 105 Å². The molecule has 0 radical (unpaired) electrons. The fourth-order valence-electron chi connectivity index (χ4n) is 1.47. The van der Waals surface area contributed by atoms with Gasteiger partial charge in [-0.1, -0.05) is 0 Å². The Balaban J connectivity index is 2.82. The maximum absolute atomic E-state index is 11.1. The molecule has 0 bridgehead atoms. The van der Waals surface area contributed by atoms with Gasteiger partial charge in [0, 0.05) is 11.6 Å². The van der Waals surface area contributed by atoms with Crippen molar-refractivity contribution in [2.24, 2.45) is 0 Å². The molecule has 0 aliphatic carbocycles. The Morgan fingerprint density at radius 3 is 2.56 bits per heavy atom. The molecular weight excluding hydrogens is 238 g/mol. The maximum atomic E-state index is 11.1. The number of carbonyl (C=O) groups excluding carboxylic acids is 1. The average molecular weight is 253 g/mol. The third-order valence-electron chi connectivity index (χ3n) is 2.34. The number of ether oxygens (including phenoxy) is 2. The molecule has 0 N–H and O–H groups in total. The minimum atomic E-state index is -0.465. The molecule has 0 unspecified atom stereocenters. The molecule has 1 rings (SSSR count). The molecule has 0 aromatic heterocycles. The van der Waals surface area contributed by atoms with Crippen molar-refractivity contribution in [3.63, 3.8) is 0 Å². The van der Waals surface area contributed by atoms with E-state index < -0.39 is 10.9 Å². The minimum absolute atomic E-state index is 0.0379. The summed E-state index contributed by atoms with van der Waals surface area (Å²) in [4.78, 5) is 21.4. The standard InChI is InChI=1S/C12H15NO5/c1-4-17-12(14)7-18-11-6-8(2)10(13(15)16)5-9(11)3/h5-6H,4,7H2,1-3H3. The first-order valence-electron chi connectivity index (χ1n) is 5.49. The summed E-state index contributed by atoms with van der Waals surface area (Å²) >= 11 is 0. The zero-order valence-electron chi connectivity index (χ0n) is 10.6. The van der Waals surface area contributed by atoms with Gasteiger partial charge in [0.15, 0.2) is 6.61 Å². The molecule has 0 aliphatic heterocycles. The zero-order valence-corrected chi connectivity index (χ0v) is 10.6. The summed E-state index contributed by atoms with van der Waals surface area (Å²) < 4.78 is 9.99. The first-order chi connectivity index (χ1) is 8.45. The van der Waals surface area contributed by atoms with Gasteiger partial charge in [0.25, 0.3) is 5.69 Å². The Kier molecular flexibility index (Phi) is 4.65. The van der Waals surface area contributed by atoms with E-state index in [4.69, 9.17) is 9.47 Å². The quantitative estimate of drug-likeness (QED) is 0.456. The molecule has 0 amide bonds. The monoisotopic (exact) mass is 253 g/mol. The normalized spacial score (nSPS) is 9.94. The average Bonchev–Trinajstić information content (AvgIpc) is 2.29. The van der Waals surface area contributed by atoms with Crippen LogP contribution in [0.25, 0.3) is 0 Å². The van der Waals surface area contributed by atoms with Crippen molar-refractivity contribution in [1.29, 1.82) is 0 Å². The molecule has 18 heavy (non-hydrogen) atoms. The molecule has 0 atom stereocenters. The van der Waals surface area contributed by atoms with Gasteiger partial charge >= 0.3 is 5.97 Å². The molecule has 6 heteroatoms. The van der Waals surface area contributed by atoms with Gasteiger partial charge in [-0.2, -0.15) is 0 Å². The van der Waals surface area contributed by atoms with E-state index in [2.05, 4.69) is 0 Å². The lowest BCUT2D eigenvalue weighted by Gasteiger charge is -2.09. The molecule has 0 aliphatic rings. The van der Waals surface area contributed by atoms with Gasteiger partial charge in [-0.25, -0.2) is 4.79 Å². The highest BCUT2D eigenvalue weighted by Gasteiger charge is 2.14. The highest BCUT2D eigenvalue weighted by molar-refractivity contribution is 5.71.